The summed E-state index contributed by atoms with van der Waals surface area (Å²) in [6.07, 6.45) is 0.899. The molecule has 144 valence electrons. The van der Waals surface area contributed by atoms with Gasteiger partial charge in [0.2, 0.25) is 0 Å². The van der Waals surface area contributed by atoms with Gasteiger partial charge in [0, 0.05) is 10.9 Å². The van der Waals surface area contributed by atoms with Crippen molar-refractivity contribution < 1.29 is 14.3 Å². The summed E-state index contributed by atoms with van der Waals surface area (Å²) in [7, 11) is 0. The lowest BCUT2D eigenvalue weighted by atomic mass is 9.97. The van der Waals surface area contributed by atoms with Crippen molar-refractivity contribution >= 4 is 22.5 Å². The van der Waals surface area contributed by atoms with E-state index in [9.17, 15) is 14.4 Å². The minimum absolute atomic E-state index is 0.127. The normalized spacial score (nSPS) is 11.9. The van der Waals surface area contributed by atoms with Crippen LogP contribution in [0.15, 0.2) is 53.3 Å². The van der Waals surface area contributed by atoms with Crippen LogP contribution < -0.4 is 5.56 Å². The third kappa shape index (κ3) is 4.34. The Morgan fingerprint density at radius 1 is 1.07 bits per heavy atom. The molecule has 1 aromatic heterocycles. The number of fused-ring (bicyclic) bond motifs is 1. The number of aromatic nitrogens is 2. The predicted molar refractivity (Wildman–Crippen MR) is 107 cm³/mol. The van der Waals surface area contributed by atoms with Crippen molar-refractivity contribution in [3.8, 4) is 0 Å². The van der Waals surface area contributed by atoms with E-state index in [1.165, 1.54) is 5.56 Å². The summed E-state index contributed by atoms with van der Waals surface area (Å²) < 4.78 is 5.12. The van der Waals surface area contributed by atoms with E-state index in [1.54, 1.807) is 36.4 Å². The van der Waals surface area contributed by atoms with Gasteiger partial charge in [-0.15, -0.1) is 0 Å². The third-order valence-electron chi connectivity index (χ3n) is 4.87. The molecule has 28 heavy (non-hydrogen) atoms. The van der Waals surface area contributed by atoms with E-state index in [0.29, 0.717) is 27.9 Å². The van der Waals surface area contributed by atoms with Crippen LogP contribution in [-0.2, 0) is 16.0 Å². The van der Waals surface area contributed by atoms with E-state index >= 15 is 0 Å². The molecule has 1 N–H and O–H groups in total. The summed E-state index contributed by atoms with van der Waals surface area (Å²) in [6.45, 7) is 3.92. The Labute approximate surface area is 162 Å². The minimum Gasteiger partial charge on any atom is -0.457 e. The van der Waals surface area contributed by atoms with Crippen molar-refractivity contribution in [3.05, 3.63) is 75.7 Å². The van der Waals surface area contributed by atoms with E-state index in [1.807, 2.05) is 12.1 Å². The highest BCUT2D eigenvalue weighted by atomic mass is 16.5. The monoisotopic (exact) mass is 378 g/mol. The van der Waals surface area contributed by atoms with E-state index < -0.39 is 5.97 Å². The standard InChI is InChI=1S/C22H22N2O4/c1-3-14(2)15-8-10-16(11-9-15)20(25)13-28-21(26)12-19-17-6-4-5-7-18(17)22(27)24-23-19/h4-11,14H,3,12-13H2,1-2H3,(H,24,27)/t14-/m0/s1. The zero-order chi connectivity index (χ0) is 20.1. The highest BCUT2D eigenvalue weighted by Crippen LogP contribution is 2.19. The van der Waals surface area contributed by atoms with E-state index in [0.717, 1.165) is 6.42 Å². The fourth-order valence-electron chi connectivity index (χ4n) is 2.96. The summed E-state index contributed by atoms with van der Waals surface area (Å²) in [5.41, 5.74) is 1.77. The number of ether oxygens (including phenoxy) is 1. The van der Waals surface area contributed by atoms with E-state index in [-0.39, 0.29) is 24.4 Å². The predicted octanol–water partition coefficient (Wildman–Crippen LogP) is 3.41. The third-order valence-corrected chi connectivity index (χ3v) is 4.87. The summed E-state index contributed by atoms with van der Waals surface area (Å²) in [4.78, 5) is 36.2. The number of nitrogens with zero attached hydrogens (tertiary/aromatic N) is 1. The molecule has 3 aromatic rings. The second-order valence-electron chi connectivity index (χ2n) is 6.74. The molecule has 0 unspecified atom stereocenters. The van der Waals surface area contributed by atoms with Crippen LogP contribution in [0, 0.1) is 0 Å². The number of ketones is 1. The molecule has 3 rings (SSSR count). The zero-order valence-corrected chi connectivity index (χ0v) is 15.9. The minimum atomic E-state index is -0.575. The largest absolute Gasteiger partial charge is 0.457 e. The van der Waals surface area contributed by atoms with Crippen molar-refractivity contribution in [3.63, 3.8) is 0 Å². The lowest BCUT2D eigenvalue weighted by Gasteiger charge is -2.09. The molecular formula is C22H22N2O4. The first-order valence-electron chi connectivity index (χ1n) is 9.24. The SMILES string of the molecule is CC[C@H](C)c1ccc(C(=O)COC(=O)Cc2n[nH]c(=O)c3ccccc23)cc1. The number of H-pyrrole nitrogens is 1. The summed E-state index contributed by atoms with van der Waals surface area (Å²) in [5, 5.41) is 7.37. The van der Waals surface area contributed by atoms with E-state index in [2.05, 4.69) is 24.0 Å². The van der Waals surface area contributed by atoms with E-state index in [4.69, 9.17) is 4.74 Å². The molecule has 2 aromatic carbocycles. The van der Waals surface area contributed by atoms with Crippen LogP contribution in [0.5, 0.6) is 0 Å². The van der Waals surface area contributed by atoms with Crippen LogP contribution in [0.4, 0.5) is 0 Å². The molecule has 0 spiro atoms. The molecule has 0 aliphatic carbocycles. The fourth-order valence-corrected chi connectivity index (χ4v) is 2.96. The van der Waals surface area contributed by atoms with Crippen molar-refractivity contribution in [2.45, 2.75) is 32.6 Å². The number of esters is 1. The van der Waals surface area contributed by atoms with Crippen LogP contribution >= 0.6 is 0 Å². The molecule has 1 heterocycles. The van der Waals surface area contributed by atoms with Gasteiger partial charge in [0.25, 0.3) is 5.56 Å². The number of carbonyl (C=O) groups is 2. The van der Waals surface area contributed by atoms with Crippen molar-refractivity contribution in [2.75, 3.05) is 6.61 Å². The Balaban J connectivity index is 1.62. The Hall–Kier alpha value is -3.28. The van der Waals surface area contributed by atoms with Gasteiger partial charge in [-0.05, 0) is 24.0 Å². The number of hydrogen-bond acceptors (Lipinski definition) is 5. The molecule has 0 aliphatic heterocycles. The van der Waals surface area contributed by atoms with Gasteiger partial charge in [-0.25, -0.2) is 5.10 Å². The summed E-state index contributed by atoms with van der Waals surface area (Å²) >= 11 is 0. The highest BCUT2D eigenvalue weighted by molar-refractivity contribution is 5.98. The molecule has 0 bridgehead atoms. The quantitative estimate of drug-likeness (QED) is 0.503. The number of Topliss-reactive ketones (excluding diaryl/α,β-unsaturated/α-hetero) is 1. The molecular weight excluding hydrogens is 356 g/mol. The highest BCUT2D eigenvalue weighted by Gasteiger charge is 2.14. The zero-order valence-electron chi connectivity index (χ0n) is 15.9. The molecule has 6 heteroatoms. The Kier molecular flexibility index (Phi) is 5.99. The summed E-state index contributed by atoms with van der Waals surface area (Å²) in [6, 6.07) is 14.3. The molecule has 0 saturated heterocycles. The van der Waals surface area contributed by atoms with Gasteiger partial charge in [0.15, 0.2) is 12.4 Å². The maximum atomic E-state index is 12.3. The Bertz CT molecular complexity index is 1050. The van der Waals surface area contributed by atoms with Crippen LogP contribution in [0.2, 0.25) is 0 Å². The van der Waals surface area contributed by atoms with Crippen LogP contribution in [0.3, 0.4) is 0 Å². The molecule has 6 nitrogen and oxygen atoms in total. The fraction of sp³-hybridized carbons (Fsp3) is 0.273. The number of aromatic amines is 1. The number of benzene rings is 2. The average Bonchev–Trinajstić information content (AvgIpc) is 2.73. The van der Waals surface area contributed by atoms with Gasteiger partial charge in [-0.2, -0.15) is 5.10 Å². The van der Waals surface area contributed by atoms with Gasteiger partial charge in [-0.1, -0.05) is 56.3 Å². The topological polar surface area (TPSA) is 89.1 Å². The second-order valence-corrected chi connectivity index (χ2v) is 6.74. The molecule has 0 amide bonds. The number of hydrogen-bond donors (Lipinski definition) is 1. The maximum absolute atomic E-state index is 12.3. The molecule has 0 radical (unpaired) electrons. The van der Waals surface area contributed by atoms with Crippen molar-refractivity contribution in [1.29, 1.82) is 0 Å². The molecule has 1 atom stereocenters. The van der Waals surface area contributed by atoms with Crippen molar-refractivity contribution in [2.24, 2.45) is 0 Å². The van der Waals surface area contributed by atoms with Crippen LogP contribution in [0.25, 0.3) is 10.8 Å². The molecule has 0 fully saturated rings. The average molecular weight is 378 g/mol. The van der Waals surface area contributed by atoms with Crippen LogP contribution in [0.1, 0.15) is 47.8 Å². The first kappa shape index (κ1) is 19.5. The Morgan fingerprint density at radius 3 is 2.43 bits per heavy atom. The molecule has 0 aliphatic rings. The number of carbonyl (C=O) groups excluding carboxylic acids is 2. The lowest BCUT2D eigenvalue weighted by molar-refractivity contribution is -0.141. The number of rotatable bonds is 7. The van der Waals surface area contributed by atoms with Gasteiger partial charge < -0.3 is 4.74 Å². The first-order valence-corrected chi connectivity index (χ1v) is 9.24. The van der Waals surface area contributed by atoms with Gasteiger partial charge in [0.05, 0.1) is 17.5 Å². The van der Waals surface area contributed by atoms with Crippen molar-refractivity contribution in [1.82, 2.24) is 10.2 Å². The van der Waals surface area contributed by atoms with Crippen LogP contribution in [-0.4, -0.2) is 28.6 Å². The smallest absolute Gasteiger partial charge is 0.312 e. The summed E-state index contributed by atoms with van der Waals surface area (Å²) in [5.74, 6) is -0.403. The first-order chi connectivity index (χ1) is 13.5. The maximum Gasteiger partial charge on any atom is 0.312 e. The number of nitrogens with one attached hydrogen (secondary N) is 1. The molecule has 0 saturated carbocycles. The van der Waals surface area contributed by atoms with Gasteiger partial charge >= 0.3 is 5.97 Å². The Morgan fingerprint density at radius 2 is 1.75 bits per heavy atom. The van der Waals surface area contributed by atoms with Gasteiger partial charge in [-0.3, -0.25) is 14.4 Å². The second kappa shape index (κ2) is 8.61. The lowest BCUT2D eigenvalue weighted by Crippen LogP contribution is -2.18. The van der Waals surface area contributed by atoms with Gasteiger partial charge in [0.1, 0.15) is 0 Å².